The van der Waals surface area contributed by atoms with Crippen molar-refractivity contribution in [3.63, 3.8) is 0 Å². The van der Waals surface area contributed by atoms with Crippen LogP contribution in [0.5, 0.6) is 0 Å². The van der Waals surface area contributed by atoms with Crippen LogP contribution in [0.15, 0.2) is 12.1 Å². The maximum atomic E-state index is 13.4. The number of hydrogen-bond acceptors (Lipinski definition) is 2. The van der Waals surface area contributed by atoms with Crippen LogP contribution < -0.4 is 10.6 Å². The summed E-state index contributed by atoms with van der Waals surface area (Å²) in [4.78, 5) is 11.7. The van der Waals surface area contributed by atoms with E-state index in [1.54, 1.807) is 13.8 Å². The Bertz CT molecular complexity index is 458. The van der Waals surface area contributed by atoms with Crippen LogP contribution in [0, 0.1) is 11.6 Å². The lowest BCUT2D eigenvalue weighted by Crippen LogP contribution is -2.46. The molecule has 4 nitrogen and oxygen atoms in total. The van der Waals surface area contributed by atoms with Gasteiger partial charge >= 0.3 is 6.03 Å². The van der Waals surface area contributed by atoms with E-state index in [0.29, 0.717) is 12.5 Å². The first-order valence-electron chi connectivity index (χ1n) is 5.60. The van der Waals surface area contributed by atoms with Crippen LogP contribution in [0.4, 0.5) is 19.3 Å². The molecule has 1 aromatic rings. The van der Waals surface area contributed by atoms with Gasteiger partial charge < -0.3 is 15.7 Å². The number of nitrogens with one attached hydrogen (secondary N) is 2. The normalized spacial score (nSPS) is 11.3. The Labute approximate surface area is 114 Å². The van der Waals surface area contributed by atoms with Gasteiger partial charge in [-0.1, -0.05) is 11.6 Å². The van der Waals surface area contributed by atoms with Gasteiger partial charge in [-0.2, -0.15) is 0 Å². The second-order valence-corrected chi connectivity index (χ2v) is 5.09. The van der Waals surface area contributed by atoms with Gasteiger partial charge in [-0.25, -0.2) is 13.6 Å². The van der Waals surface area contributed by atoms with E-state index in [2.05, 4.69) is 10.6 Å². The maximum absolute atomic E-state index is 13.4. The molecular formula is C12H15ClF2N2O2. The van der Waals surface area contributed by atoms with Gasteiger partial charge in [0.2, 0.25) is 0 Å². The number of benzene rings is 1. The topological polar surface area (TPSA) is 61.4 Å². The quantitative estimate of drug-likeness (QED) is 0.799. The molecule has 0 unspecified atom stereocenters. The van der Waals surface area contributed by atoms with E-state index in [9.17, 15) is 13.6 Å². The lowest BCUT2D eigenvalue weighted by molar-refractivity contribution is 0.218. The molecule has 0 heterocycles. The van der Waals surface area contributed by atoms with Crippen molar-refractivity contribution in [3.8, 4) is 0 Å². The zero-order chi connectivity index (χ0) is 14.6. The number of rotatable bonds is 4. The van der Waals surface area contributed by atoms with Gasteiger partial charge in [0, 0.05) is 18.2 Å². The number of aliphatic hydroxyl groups excluding tert-OH is 1. The van der Waals surface area contributed by atoms with Crippen LogP contribution in [0.2, 0.25) is 5.02 Å². The van der Waals surface area contributed by atoms with Crippen LogP contribution in [-0.4, -0.2) is 23.3 Å². The number of anilines is 1. The zero-order valence-electron chi connectivity index (χ0n) is 10.6. The summed E-state index contributed by atoms with van der Waals surface area (Å²) in [5.41, 5.74) is -0.956. The third-order valence-corrected chi connectivity index (χ3v) is 2.73. The molecule has 0 bridgehead atoms. The lowest BCUT2D eigenvalue weighted by atomic mass is 10.0. The highest BCUT2D eigenvalue weighted by Gasteiger charge is 2.21. The van der Waals surface area contributed by atoms with Gasteiger partial charge in [0.25, 0.3) is 0 Å². The van der Waals surface area contributed by atoms with Crippen LogP contribution >= 0.6 is 11.6 Å². The molecular weight excluding hydrogens is 278 g/mol. The number of hydrogen-bond donors (Lipinski definition) is 3. The molecule has 0 aliphatic heterocycles. The molecule has 1 aromatic carbocycles. The Kier molecular flexibility index (Phi) is 5.08. The molecule has 106 valence electrons. The molecule has 0 spiro atoms. The summed E-state index contributed by atoms with van der Waals surface area (Å²) in [7, 11) is 0. The molecule has 1 rings (SSSR count). The van der Waals surface area contributed by atoms with Crippen molar-refractivity contribution < 1.29 is 18.7 Å². The van der Waals surface area contributed by atoms with Crippen molar-refractivity contribution in [2.45, 2.75) is 25.8 Å². The molecule has 3 N–H and O–H groups in total. The summed E-state index contributed by atoms with van der Waals surface area (Å²) in [5, 5.41) is 13.4. The van der Waals surface area contributed by atoms with Crippen LogP contribution in [-0.2, 0) is 0 Å². The van der Waals surface area contributed by atoms with Gasteiger partial charge in [-0.15, -0.1) is 0 Å². The van der Waals surface area contributed by atoms with Crippen molar-refractivity contribution in [1.82, 2.24) is 5.32 Å². The average Bonchev–Trinajstić information content (AvgIpc) is 2.22. The highest BCUT2D eigenvalue weighted by molar-refractivity contribution is 6.33. The molecule has 2 amide bonds. The number of carbonyl (C=O) groups excluding carboxylic acids is 1. The SMILES string of the molecule is CC(C)(CCO)NC(=O)Nc1c(F)cc(F)cc1Cl. The highest BCUT2D eigenvalue weighted by Crippen LogP contribution is 2.26. The van der Waals surface area contributed by atoms with Gasteiger partial charge in [0.1, 0.15) is 5.82 Å². The fourth-order valence-electron chi connectivity index (χ4n) is 1.46. The summed E-state index contributed by atoms with van der Waals surface area (Å²) in [5.74, 6) is -1.78. The fraction of sp³-hybridized carbons (Fsp3) is 0.417. The minimum Gasteiger partial charge on any atom is -0.396 e. The van der Waals surface area contributed by atoms with Gasteiger partial charge in [0.15, 0.2) is 5.82 Å². The minimum absolute atomic E-state index is 0.0983. The van der Waals surface area contributed by atoms with Crippen molar-refractivity contribution in [1.29, 1.82) is 0 Å². The Hall–Kier alpha value is -1.40. The molecule has 0 radical (unpaired) electrons. The predicted molar refractivity (Wildman–Crippen MR) is 69.3 cm³/mol. The molecule has 7 heteroatoms. The molecule has 0 atom stereocenters. The van der Waals surface area contributed by atoms with E-state index >= 15 is 0 Å². The zero-order valence-corrected chi connectivity index (χ0v) is 11.3. The lowest BCUT2D eigenvalue weighted by Gasteiger charge is -2.25. The summed E-state index contributed by atoms with van der Waals surface area (Å²) in [6, 6.07) is 0.838. The standard InChI is InChI=1S/C12H15ClF2N2O2/c1-12(2,3-4-18)17-11(19)16-10-8(13)5-7(14)6-9(10)15/h5-6,18H,3-4H2,1-2H3,(H2,16,17,19). The van der Waals surface area contributed by atoms with Gasteiger partial charge in [0.05, 0.1) is 10.7 Å². The van der Waals surface area contributed by atoms with Crippen LogP contribution in [0.1, 0.15) is 20.3 Å². The Morgan fingerprint density at radius 1 is 1.42 bits per heavy atom. The predicted octanol–water partition coefficient (Wildman–Crippen LogP) is 2.90. The molecule has 0 saturated carbocycles. The molecule has 0 aliphatic rings. The minimum atomic E-state index is -0.958. The molecule has 0 fully saturated rings. The maximum Gasteiger partial charge on any atom is 0.319 e. The number of aliphatic hydroxyl groups is 1. The summed E-state index contributed by atoms with van der Waals surface area (Å²) in [6.45, 7) is 3.30. The monoisotopic (exact) mass is 292 g/mol. The van der Waals surface area contributed by atoms with Gasteiger partial charge in [-0.3, -0.25) is 0 Å². The van der Waals surface area contributed by atoms with Crippen LogP contribution in [0.3, 0.4) is 0 Å². The first-order chi connectivity index (χ1) is 8.75. The molecule has 0 aliphatic carbocycles. The van der Waals surface area contributed by atoms with E-state index in [0.717, 1.165) is 6.07 Å². The average molecular weight is 293 g/mol. The number of halogens is 3. The second kappa shape index (κ2) is 6.16. The number of urea groups is 1. The summed E-state index contributed by atoms with van der Waals surface area (Å²) in [6.07, 6.45) is 0.333. The largest absolute Gasteiger partial charge is 0.396 e. The van der Waals surface area contributed by atoms with Crippen LogP contribution in [0.25, 0.3) is 0 Å². The van der Waals surface area contributed by atoms with E-state index < -0.39 is 23.2 Å². The van der Waals surface area contributed by atoms with E-state index in [-0.39, 0.29) is 17.3 Å². The van der Waals surface area contributed by atoms with Crippen molar-refractivity contribution in [3.05, 3.63) is 28.8 Å². The number of amides is 2. The van der Waals surface area contributed by atoms with Crippen molar-refractivity contribution in [2.75, 3.05) is 11.9 Å². The Balaban J connectivity index is 2.78. The van der Waals surface area contributed by atoms with Crippen molar-refractivity contribution in [2.24, 2.45) is 0 Å². The first kappa shape index (κ1) is 15.7. The smallest absolute Gasteiger partial charge is 0.319 e. The second-order valence-electron chi connectivity index (χ2n) is 4.68. The number of carbonyl (C=O) groups is 1. The molecule has 0 aromatic heterocycles. The van der Waals surface area contributed by atoms with Gasteiger partial charge in [-0.05, 0) is 26.3 Å². The fourth-order valence-corrected chi connectivity index (χ4v) is 1.70. The summed E-state index contributed by atoms with van der Waals surface area (Å²) < 4.78 is 26.3. The third-order valence-electron chi connectivity index (χ3n) is 2.43. The molecule has 19 heavy (non-hydrogen) atoms. The van der Waals surface area contributed by atoms with Crippen molar-refractivity contribution >= 4 is 23.3 Å². The third kappa shape index (κ3) is 4.65. The van der Waals surface area contributed by atoms with E-state index in [1.165, 1.54) is 0 Å². The van der Waals surface area contributed by atoms with E-state index in [4.69, 9.17) is 16.7 Å². The molecule has 0 saturated heterocycles. The highest BCUT2D eigenvalue weighted by atomic mass is 35.5. The Morgan fingerprint density at radius 2 is 2.05 bits per heavy atom. The Morgan fingerprint density at radius 3 is 2.58 bits per heavy atom. The first-order valence-corrected chi connectivity index (χ1v) is 5.97. The van der Waals surface area contributed by atoms with E-state index in [1.807, 2.05) is 0 Å². The summed E-state index contributed by atoms with van der Waals surface area (Å²) >= 11 is 5.65.